The number of carbonyl (C=O) groups is 1. The smallest absolute Gasteiger partial charge is 0.255 e. The maximum absolute atomic E-state index is 12.2. The molecule has 4 nitrogen and oxygen atoms in total. The van der Waals surface area contributed by atoms with E-state index in [0.717, 1.165) is 17.8 Å². The second-order valence-electron chi connectivity index (χ2n) is 7.13. The largest absolute Gasteiger partial charge is 0.507 e. The van der Waals surface area contributed by atoms with Gasteiger partial charge in [-0.15, -0.1) is 11.3 Å². The molecule has 2 aromatic carbocycles. The van der Waals surface area contributed by atoms with Crippen molar-refractivity contribution >= 4 is 17.2 Å². The summed E-state index contributed by atoms with van der Waals surface area (Å²) in [5.41, 5.74) is 1.56. The van der Waals surface area contributed by atoms with Crippen LogP contribution in [0, 0.1) is 0 Å². The molecule has 0 aliphatic rings. The van der Waals surface area contributed by atoms with Gasteiger partial charge in [0.15, 0.2) is 0 Å². The van der Waals surface area contributed by atoms with Crippen molar-refractivity contribution < 1.29 is 9.90 Å². The number of benzene rings is 2. The van der Waals surface area contributed by atoms with Gasteiger partial charge in [-0.1, -0.05) is 56.3 Å². The van der Waals surface area contributed by atoms with Crippen molar-refractivity contribution in [2.24, 2.45) is 0 Å². The molecule has 0 bridgehead atoms. The molecular weight excluding hydrogens is 368 g/mol. The first-order valence-electron chi connectivity index (χ1n) is 9.63. The summed E-state index contributed by atoms with van der Waals surface area (Å²) in [5, 5.41) is 13.8. The van der Waals surface area contributed by atoms with Crippen LogP contribution in [0.2, 0.25) is 0 Å². The van der Waals surface area contributed by atoms with Crippen molar-refractivity contribution in [2.75, 3.05) is 6.54 Å². The molecule has 0 fully saturated rings. The van der Waals surface area contributed by atoms with E-state index >= 15 is 0 Å². The van der Waals surface area contributed by atoms with Crippen LogP contribution in [0.15, 0.2) is 60.8 Å². The highest BCUT2D eigenvalue weighted by atomic mass is 32.1. The van der Waals surface area contributed by atoms with Crippen molar-refractivity contribution in [3.05, 3.63) is 81.8 Å². The van der Waals surface area contributed by atoms with Gasteiger partial charge in [-0.25, -0.2) is 4.98 Å². The Balaban J connectivity index is 1.64. The highest BCUT2D eigenvalue weighted by Crippen LogP contribution is 2.34. The van der Waals surface area contributed by atoms with E-state index in [4.69, 9.17) is 0 Å². The van der Waals surface area contributed by atoms with Gasteiger partial charge in [-0.05, 0) is 36.5 Å². The number of rotatable bonds is 8. The molecule has 1 atom stereocenters. The van der Waals surface area contributed by atoms with E-state index in [0.29, 0.717) is 18.0 Å². The lowest BCUT2D eigenvalue weighted by atomic mass is 9.95. The third-order valence-corrected chi connectivity index (χ3v) is 6.13. The molecule has 3 aromatic rings. The van der Waals surface area contributed by atoms with Gasteiger partial charge >= 0.3 is 0 Å². The Labute approximate surface area is 170 Å². The molecule has 1 aromatic heterocycles. The molecule has 0 saturated carbocycles. The van der Waals surface area contributed by atoms with Crippen LogP contribution in [-0.2, 0) is 0 Å². The predicted molar refractivity (Wildman–Crippen MR) is 114 cm³/mol. The molecule has 146 valence electrons. The average Bonchev–Trinajstić information content (AvgIpc) is 3.19. The van der Waals surface area contributed by atoms with E-state index in [1.165, 1.54) is 16.5 Å². The van der Waals surface area contributed by atoms with Crippen LogP contribution in [0.1, 0.15) is 64.3 Å². The second-order valence-corrected chi connectivity index (χ2v) is 8.23. The van der Waals surface area contributed by atoms with Crippen molar-refractivity contribution in [1.29, 1.82) is 0 Å². The topological polar surface area (TPSA) is 62.2 Å². The molecule has 0 aliphatic carbocycles. The van der Waals surface area contributed by atoms with Crippen LogP contribution in [-0.4, -0.2) is 22.5 Å². The number of thiazole rings is 1. The molecule has 1 amide bonds. The number of amides is 1. The number of nitrogens with one attached hydrogen (secondary N) is 1. The number of carbonyl (C=O) groups excluding carboxylic acids is 1. The van der Waals surface area contributed by atoms with Crippen molar-refractivity contribution in [1.82, 2.24) is 10.3 Å². The number of aromatic hydroxyl groups is 1. The summed E-state index contributed by atoms with van der Waals surface area (Å²) in [5.74, 6) is 0.457. The van der Waals surface area contributed by atoms with Gasteiger partial charge in [0.05, 0.1) is 5.56 Å². The van der Waals surface area contributed by atoms with Crippen molar-refractivity contribution in [3.8, 4) is 5.75 Å². The minimum absolute atomic E-state index is 0.00571. The summed E-state index contributed by atoms with van der Waals surface area (Å²) in [6, 6.07) is 17.0. The number of para-hydroxylation sites is 1. The summed E-state index contributed by atoms with van der Waals surface area (Å²) < 4.78 is 0. The summed E-state index contributed by atoms with van der Waals surface area (Å²) in [7, 11) is 0. The summed E-state index contributed by atoms with van der Waals surface area (Å²) in [4.78, 5) is 18.2. The lowest BCUT2D eigenvalue weighted by molar-refractivity contribution is 0.0950. The Hall–Kier alpha value is -2.66. The zero-order chi connectivity index (χ0) is 19.9. The van der Waals surface area contributed by atoms with Crippen LogP contribution in [0.5, 0.6) is 5.75 Å². The van der Waals surface area contributed by atoms with Gasteiger partial charge in [-0.2, -0.15) is 0 Å². The number of aromatic nitrogens is 1. The fourth-order valence-corrected chi connectivity index (χ4v) is 4.20. The molecule has 0 saturated heterocycles. The third kappa shape index (κ3) is 4.98. The van der Waals surface area contributed by atoms with Crippen LogP contribution in [0.4, 0.5) is 0 Å². The number of hydrogen-bond donors (Lipinski definition) is 2. The molecule has 28 heavy (non-hydrogen) atoms. The second kappa shape index (κ2) is 9.51. The quantitative estimate of drug-likeness (QED) is 0.509. The van der Waals surface area contributed by atoms with Crippen LogP contribution in [0.3, 0.4) is 0 Å². The van der Waals surface area contributed by atoms with Gasteiger partial charge in [0, 0.05) is 23.5 Å². The van der Waals surface area contributed by atoms with Gasteiger partial charge in [0.1, 0.15) is 10.8 Å². The Morgan fingerprint density at radius 1 is 1.11 bits per heavy atom. The number of phenols is 1. The first kappa shape index (κ1) is 20.1. The van der Waals surface area contributed by atoms with E-state index in [9.17, 15) is 9.90 Å². The van der Waals surface area contributed by atoms with Crippen molar-refractivity contribution in [2.45, 2.75) is 38.5 Å². The maximum Gasteiger partial charge on any atom is 0.255 e. The number of phenolic OH excluding ortho intramolecular Hbond substituents is 1. The average molecular weight is 395 g/mol. The fourth-order valence-electron chi connectivity index (χ4n) is 3.12. The predicted octanol–water partition coefficient (Wildman–Crippen LogP) is 5.31. The van der Waals surface area contributed by atoms with Gasteiger partial charge in [-0.3, -0.25) is 4.79 Å². The highest BCUT2D eigenvalue weighted by molar-refractivity contribution is 7.11. The summed E-state index contributed by atoms with van der Waals surface area (Å²) in [6.07, 6.45) is 3.71. The monoisotopic (exact) mass is 394 g/mol. The minimum Gasteiger partial charge on any atom is -0.507 e. The normalized spacial score (nSPS) is 12.1. The van der Waals surface area contributed by atoms with Crippen LogP contribution >= 0.6 is 11.3 Å². The Kier molecular flexibility index (Phi) is 6.82. The molecule has 0 spiro atoms. The Morgan fingerprint density at radius 3 is 2.50 bits per heavy atom. The minimum atomic E-state index is -0.245. The number of nitrogens with zero attached hydrogens (tertiary/aromatic N) is 1. The van der Waals surface area contributed by atoms with Crippen LogP contribution < -0.4 is 5.32 Å². The molecule has 1 unspecified atom stereocenters. The maximum atomic E-state index is 12.2. The van der Waals surface area contributed by atoms with E-state index < -0.39 is 0 Å². The summed E-state index contributed by atoms with van der Waals surface area (Å²) in [6.45, 7) is 4.92. The molecular formula is C23H26N2O2S. The third-order valence-electron chi connectivity index (χ3n) is 4.71. The zero-order valence-electron chi connectivity index (χ0n) is 16.3. The van der Waals surface area contributed by atoms with Crippen LogP contribution in [0.25, 0.3) is 0 Å². The lowest BCUT2D eigenvalue weighted by Crippen LogP contribution is -2.24. The lowest BCUT2D eigenvalue weighted by Gasteiger charge is -2.15. The first-order chi connectivity index (χ1) is 13.6. The van der Waals surface area contributed by atoms with E-state index in [1.54, 1.807) is 29.5 Å². The molecule has 0 aliphatic heterocycles. The fraction of sp³-hybridized carbons (Fsp3) is 0.304. The molecule has 0 radical (unpaired) electrons. The van der Waals surface area contributed by atoms with E-state index in [1.807, 2.05) is 12.3 Å². The Bertz CT molecular complexity index is 906. The summed E-state index contributed by atoms with van der Waals surface area (Å²) >= 11 is 1.78. The van der Waals surface area contributed by atoms with Crippen molar-refractivity contribution in [3.63, 3.8) is 0 Å². The highest BCUT2D eigenvalue weighted by Gasteiger charge is 2.19. The zero-order valence-corrected chi connectivity index (χ0v) is 17.1. The van der Waals surface area contributed by atoms with E-state index in [-0.39, 0.29) is 17.6 Å². The first-order valence-corrected chi connectivity index (χ1v) is 10.4. The molecule has 5 heteroatoms. The Morgan fingerprint density at radius 2 is 1.82 bits per heavy atom. The van der Waals surface area contributed by atoms with E-state index in [2.05, 4.69) is 48.4 Å². The van der Waals surface area contributed by atoms with Gasteiger partial charge in [0.25, 0.3) is 5.91 Å². The standard InChI is InChI=1S/C23H26N2O2S/c1-16(2)21-15-25-23(28-21)18(17-9-4-3-5-10-17)12-8-14-24-22(27)19-11-6-7-13-20(19)26/h3-7,9-11,13,15-16,18,26H,8,12,14H2,1-2H3,(H,24,27). The molecule has 3 rings (SSSR count). The molecule has 2 N–H and O–H groups in total. The van der Waals surface area contributed by atoms with Gasteiger partial charge < -0.3 is 10.4 Å². The molecule has 1 heterocycles. The van der Waals surface area contributed by atoms with Gasteiger partial charge in [0.2, 0.25) is 0 Å². The SMILES string of the molecule is CC(C)c1cnc(C(CCCNC(=O)c2ccccc2O)c2ccccc2)s1. The number of hydrogen-bond acceptors (Lipinski definition) is 4.